The molecule has 0 bridgehead atoms. The lowest BCUT2D eigenvalue weighted by Gasteiger charge is -2.18. The zero-order chi connectivity index (χ0) is 24.3. The highest BCUT2D eigenvalue weighted by Crippen LogP contribution is 2.31. The first kappa shape index (κ1) is 28.3. The molecule has 6 nitrogen and oxygen atoms in total. The molecule has 0 aliphatic rings. The number of aryl methyl sites for hydroxylation is 1. The van der Waals surface area contributed by atoms with Crippen LogP contribution < -0.4 is 36.7 Å². The van der Waals surface area contributed by atoms with Gasteiger partial charge in [0.2, 0.25) is 0 Å². The van der Waals surface area contributed by atoms with Gasteiger partial charge in [0, 0.05) is 12.0 Å². The van der Waals surface area contributed by atoms with Crippen LogP contribution in [0.4, 0.5) is 0 Å². The number of rotatable bonds is 13. The summed E-state index contributed by atoms with van der Waals surface area (Å²) in [6, 6.07) is 21.6. The van der Waals surface area contributed by atoms with Gasteiger partial charge in [-0.25, -0.2) is 0 Å². The van der Waals surface area contributed by atoms with Crippen molar-refractivity contribution in [1.29, 1.82) is 0 Å². The third-order valence-electron chi connectivity index (χ3n) is 5.94. The number of aliphatic hydroxyl groups is 1. The smallest absolute Gasteiger partial charge is 0.167 e. The molecular formula is C28H36ClNO5. The molecule has 0 aliphatic heterocycles. The average molecular weight is 502 g/mol. The van der Waals surface area contributed by atoms with E-state index in [0.717, 1.165) is 42.0 Å². The maximum Gasteiger partial charge on any atom is 0.167 e. The van der Waals surface area contributed by atoms with Gasteiger partial charge in [-0.3, -0.25) is 0 Å². The maximum absolute atomic E-state index is 10.8. The molecule has 0 aromatic heterocycles. The largest absolute Gasteiger partial charge is 1.00 e. The lowest BCUT2D eigenvalue weighted by molar-refractivity contribution is -0.694. The molecule has 0 amide bonds. The number of para-hydroxylation sites is 1. The second-order valence-corrected chi connectivity index (χ2v) is 8.29. The minimum Gasteiger partial charge on any atom is -1.00 e. The monoisotopic (exact) mass is 501 g/mol. The standard InChI is InChI=1S/C28H35NO5.ClH/c1-20(29-17-7-9-21-8-5-11-25(18-21)31-2)27(30)22-13-15-24(16-14-22)34-19-23-10-6-12-26(32-3)28(23)33-4;/h5-6,8,10-16,18,20,27,29-30H,7,9,17,19H2,1-4H3;1H. The minimum atomic E-state index is -0.552. The van der Waals surface area contributed by atoms with Crippen LogP contribution in [0.15, 0.2) is 66.7 Å². The summed E-state index contributed by atoms with van der Waals surface area (Å²) in [7, 11) is 4.92. The lowest BCUT2D eigenvalue weighted by Crippen LogP contribution is -3.00. The molecule has 2 atom stereocenters. The number of benzene rings is 3. The molecule has 3 rings (SSSR count). The van der Waals surface area contributed by atoms with E-state index in [9.17, 15) is 5.11 Å². The zero-order valence-corrected chi connectivity index (χ0v) is 21.6. The van der Waals surface area contributed by atoms with Crippen LogP contribution in [-0.2, 0) is 13.0 Å². The number of nitrogens with two attached hydrogens (primary N) is 1. The first-order valence-corrected chi connectivity index (χ1v) is 11.6. The summed E-state index contributed by atoms with van der Waals surface area (Å²) in [4.78, 5) is 0. The highest BCUT2D eigenvalue weighted by molar-refractivity contribution is 5.46. The molecule has 0 saturated heterocycles. The van der Waals surface area contributed by atoms with Crippen LogP contribution in [0.3, 0.4) is 0 Å². The Hall–Kier alpha value is -2.93. The molecule has 35 heavy (non-hydrogen) atoms. The van der Waals surface area contributed by atoms with Crippen molar-refractivity contribution in [2.75, 3.05) is 27.9 Å². The molecule has 3 aromatic rings. The highest BCUT2D eigenvalue weighted by Gasteiger charge is 2.19. The van der Waals surface area contributed by atoms with Crippen molar-refractivity contribution >= 4 is 0 Å². The first-order valence-electron chi connectivity index (χ1n) is 11.6. The fourth-order valence-corrected chi connectivity index (χ4v) is 3.94. The van der Waals surface area contributed by atoms with E-state index >= 15 is 0 Å². The van der Waals surface area contributed by atoms with Gasteiger partial charge in [0.25, 0.3) is 0 Å². The van der Waals surface area contributed by atoms with Gasteiger partial charge in [-0.1, -0.05) is 36.4 Å². The van der Waals surface area contributed by atoms with E-state index in [2.05, 4.69) is 24.4 Å². The van der Waals surface area contributed by atoms with Crippen LogP contribution in [0, 0.1) is 0 Å². The summed E-state index contributed by atoms with van der Waals surface area (Å²) >= 11 is 0. The molecule has 0 radical (unpaired) electrons. The van der Waals surface area contributed by atoms with E-state index < -0.39 is 6.10 Å². The molecule has 3 aromatic carbocycles. The zero-order valence-electron chi connectivity index (χ0n) is 20.9. The van der Waals surface area contributed by atoms with E-state index in [1.165, 1.54) is 5.56 Å². The molecule has 3 N–H and O–H groups in total. The van der Waals surface area contributed by atoms with Crippen molar-refractivity contribution in [2.24, 2.45) is 0 Å². The average Bonchev–Trinajstić information content (AvgIpc) is 2.89. The van der Waals surface area contributed by atoms with E-state index in [-0.39, 0.29) is 18.4 Å². The minimum absolute atomic E-state index is 0. The Bertz CT molecular complexity index is 1030. The van der Waals surface area contributed by atoms with Crippen LogP contribution >= 0.6 is 0 Å². The summed E-state index contributed by atoms with van der Waals surface area (Å²) < 4.78 is 22.0. The number of halogens is 1. The van der Waals surface area contributed by atoms with E-state index in [0.29, 0.717) is 18.1 Å². The predicted octanol–water partition coefficient (Wildman–Crippen LogP) is 0.914. The van der Waals surface area contributed by atoms with Crippen molar-refractivity contribution in [1.82, 2.24) is 0 Å². The van der Waals surface area contributed by atoms with Gasteiger partial charge in [-0.05, 0) is 54.8 Å². The number of hydrogen-bond acceptors (Lipinski definition) is 5. The van der Waals surface area contributed by atoms with Gasteiger partial charge in [-0.15, -0.1) is 0 Å². The Morgan fingerprint density at radius 1 is 0.857 bits per heavy atom. The fourth-order valence-electron chi connectivity index (χ4n) is 3.94. The maximum atomic E-state index is 10.8. The van der Waals surface area contributed by atoms with Crippen LogP contribution in [-0.4, -0.2) is 39.0 Å². The number of aliphatic hydroxyl groups excluding tert-OH is 1. The summed E-state index contributed by atoms with van der Waals surface area (Å²) in [5.74, 6) is 2.97. The Morgan fingerprint density at radius 2 is 1.60 bits per heavy atom. The highest BCUT2D eigenvalue weighted by atomic mass is 35.5. The SMILES string of the molecule is COc1cccc(CCC[NH2+]C(C)C(O)c2ccc(OCc3cccc(OC)c3OC)cc2)c1.[Cl-]. The van der Waals surface area contributed by atoms with Crippen LogP contribution in [0.25, 0.3) is 0 Å². The number of methoxy groups -OCH3 is 3. The van der Waals surface area contributed by atoms with Gasteiger partial charge in [-0.2, -0.15) is 0 Å². The van der Waals surface area contributed by atoms with Gasteiger partial charge >= 0.3 is 0 Å². The number of ether oxygens (including phenoxy) is 4. The van der Waals surface area contributed by atoms with Crippen LogP contribution in [0.5, 0.6) is 23.0 Å². The summed E-state index contributed by atoms with van der Waals surface area (Å²) in [6.45, 7) is 3.36. The van der Waals surface area contributed by atoms with Gasteiger partial charge in [0.1, 0.15) is 30.3 Å². The first-order chi connectivity index (χ1) is 16.5. The normalized spacial score (nSPS) is 12.3. The quantitative estimate of drug-likeness (QED) is 0.341. The Labute approximate surface area is 214 Å². The van der Waals surface area contributed by atoms with E-state index in [1.54, 1.807) is 21.3 Å². The lowest BCUT2D eigenvalue weighted by atomic mass is 10.0. The van der Waals surface area contributed by atoms with E-state index in [4.69, 9.17) is 18.9 Å². The van der Waals surface area contributed by atoms with Crippen LogP contribution in [0.2, 0.25) is 0 Å². The van der Waals surface area contributed by atoms with Gasteiger partial charge in [0.05, 0.1) is 27.9 Å². The predicted molar refractivity (Wildman–Crippen MR) is 133 cm³/mol. The third kappa shape index (κ3) is 8.06. The second kappa shape index (κ2) is 14.5. The molecule has 0 spiro atoms. The topological polar surface area (TPSA) is 73.8 Å². The van der Waals surface area contributed by atoms with E-state index in [1.807, 2.05) is 54.6 Å². The summed E-state index contributed by atoms with van der Waals surface area (Å²) in [6.07, 6.45) is 1.47. The molecule has 7 heteroatoms. The number of hydrogen-bond donors (Lipinski definition) is 2. The summed E-state index contributed by atoms with van der Waals surface area (Å²) in [5.41, 5.74) is 3.05. The fraction of sp³-hybridized carbons (Fsp3) is 0.357. The third-order valence-corrected chi connectivity index (χ3v) is 5.94. The molecule has 0 heterocycles. The second-order valence-electron chi connectivity index (χ2n) is 8.29. The van der Waals surface area contributed by atoms with Crippen molar-refractivity contribution in [2.45, 2.75) is 38.5 Å². The van der Waals surface area contributed by atoms with Gasteiger partial charge in [0.15, 0.2) is 11.5 Å². The molecule has 0 fully saturated rings. The Balaban J connectivity index is 0.00000432. The van der Waals surface area contributed by atoms with Gasteiger partial charge < -0.3 is 41.8 Å². The molecule has 2 unspecified atom stereocenters. The van der Waals surface area contributed by atoms with Crippen molar-refractivity contribution in [3.05, 3.63) is 83.4 Å². The molecule has 190 valence electrons. The Kier molecular flexibility index (Phi) is 11.7. The summed E-state index contributed by atoms with van der Waals surface area (Å²) in [5, 5.41) is 13.0. The molecule has 0 aliphatic carbocycles. The van der Waals surface area contributed by atoms with Crippen LogP contribution in [0.1, 0.15) is 36.1 Å². The Morgan fingerprint density at radius 3 is 2.29 bits per heavy atom. The van der Waals surface area contributed by atoms with Crippen molar-refractivity contribution < 1.29 is 41.8 Å². The van der Waals surface area contributed by atoms with Crippen molar-refractivity contribution in [3.8, 4) is 23.0 Å². The van der Waals surface area contributed by atoms with Crippen molar-refractivity contribution in [3.63, 3.8) is 0 Å². The number of quaternary nitrogens is 1. The molecular weight excluding hydrogens is 466 g/mol. The molecule has 0 saturated carbocycles.